The molecule has 17 heavy (non-hydrogen) atoms. The summed E-state index contributed by atoms with van der Waals surface area (Å²) in [5.41, 5.74) is 0. The molecule has 0 radical (unpaired) electrons. The van der Waals surface area contributed by atoms with Crippen molar-refractivity contribution in [2.24, 2.45) is 11.8 Å². The van der Waals surface area contributed by atoms with Crippen LogP contribution in [0.25, 0.3) is 0 Å². The SMILES string of the molecule is CCNC1CCCC1CCOC(C)CC(C)C. The van der Waals surface area contributed by atoms with Crippen LogP contribution in [0.4, 0.5) is 0 Å². The number of rotatable bonds is 8. The summed E-state index contributed by atoms with van der Waals surface area (Å²) >= 11 is 0. The predicted molar refractivity (Wildman–Crippen MR) is 74.3 cm³/mol. The summed E-state index contributed by atoms with van der Waals surface area (Å²) in [7, 11) is 0. The van der Waals surface area contributed by atoms with Crippen LogP contribution < -0.4 is 5.32 Å². The van der Waals surface area contributed by atoms with E-state index in [1.54, 1.807) is 0 Å². The van der Waals surface area contributed by atoms with Gasteiger partial charge >= 0.3 is 0 Å². The molecule has 102 valence electrons. The van der Waals surface area contributed by atoms with Crippen LogP contribution in [0.1, 0.15) is 59.8 Å². The Morgan fingerprint density at radius 2 is 2.00 bits per heavy atom. The molecular formula is C15H31NO. The Morgan fingerprint density at radius 1 is 1.24 bits per heavy atom. The van der Waals surface area contributed by atoms with Crippen LogP contribution >= 0.6 is 0 Å². The third-order valence-electron chi connectivity index (χ3n) is 3.82. The topological polar surface area (TPSA) is 21.3 Å². The van der Waals surface area contributed by atoms with Gasteiger partial charge < -0.3 is 10.1 Å². The van der Waals surface area contributed by atoms with E-state index in [0.717, 1.165) is 31.0 Å². The van der Waals surface area contributed by atoms with E-state index in [1.807, 2.05) is 0 Å². The summed E-state index contributed by atoms with van der Waals surface area (Å²) < 4.78 is 5.91. The number of nitrogens with one attached hydrogen (secondary N) is 1. The van der Waals surface area contributed by atoms with Crippen molar-refractivity contribution in [3.8, 4) is 0 Å². The predicted octanol–water partition coefficient (Wildman–Crippen LogP) is 3.61. The molecule has 0 spiro atoms. The summed E-state index contributed by atoms with van der Waals surface area (Å²) in [6.45, 7) is 11.0. The maximum absolute atomic E-state index is 5.91. The first-order valence-electron chi connectivity index (χ1n) is 7.48. The molecule has 2 heteroatoms. The molecule has 1 aliphatic rings. The molecule has 2 nitrogen and oxygen atoms in total. The lowest BCUT2D eigenvalue weighted by atomic mass is 10.00. The smallest absolute Gasteiger partial charge is 0.0549 e. The molecule has 0 amide bonds. The number of hydrogen-bond donors (Lipinski definition) is 1. The van der Waals surface area contributed by atoms with Gasteiger partial charge in [-0.1, -0.05) is 27.2 Å². The lowest BCUT2D eigenvalue weighted by Crippen LogP contribution is -2.32. The fourth-order valence-electron chi connectivity index (χ4n) is 3.07. The van der Waals surface area contributed by atoms with Crippen molar-refractivity contribution < 1.29 is 4.74 Å². The fourth-order valence-corrected chi connectivity index (χ4v) is 3.07. The zero-order valence-corrected chi connectivity index (χ0v) is 12.2. The number of hydrogen-bond acceptors (Lipinski definition) is 2. The monoisotopic (exact) mass is 241 g/mol. The Labute approximate surface area is 108 Å². The minimum Gasteiger partial charge on any atom is -0.378 e. The van der Waals surface area contributed by atoms with Crippen molar-refractivity contribution in [3.05, 3.63) is 0 Å². The molecule has 3 unspecified atom stereocenters. The van der Waals surface area contributed by atoms with Crippen LogP contribution in [-0.2, 0) is 4.74 Å². The van der Waals surface area contributed by atoms with Crippen molar-refractivity contribution in [1.29, 1.82) is 0 Å². The molecule has 1 saturated carbocycles. The zero-order valence-electron chi connectivity index (χ0n) is 12.2. The molecule has 1 aliphatic carbocycles. The van der Waals surface area contributed by atoms with E-state index in [-0.39, 0.29) is 0 Å². The van der Waals surface area contributed by atoms with Crippen LogP contribution in [0.15, 0.2) is 0 Å². The fraction of sp³-hybridized carbons (Fsp3) is 1.00. The van der Waals surface area contributed by atoms with Crippen LogP contribution in [0.5, 0.6) is 0 Å². The van der Waals surface area contributed by atoms with E-state index in [0.29, 0.717) is 6.10 Å². The minimum absolute atomic E-state index is 0.425. The van der Waals surface area contributed by atoms with Crippen molar-refractivity contribution in [3.63, 3.8) is 0 Å². The summed E-state index contributed by atoms with van der Waals surface area (Å²) in [5, 5.41) is 3.61. The van der Waals surface area contributed by atoms with Gasteiger partial charge in [0.25, 0.3) is 0 Å². The van der Waals surface area contributed by atoms with Crippen LogP contribution in [-0.4, -0.2) is 25.3 Å². The summed E-state index contributed by atoms with van der Waals surface area (Å²) in [5.74, 6) is 1.59. The molecule has 0 heterocycles. The van der Waals surface area contributed by atoms with Gasteiger partial charge in [0.05, 0.1) is 6.10 Å². The Morgan fingerprint density at radius 3 is 2.65 bits per heavy atom. The highest BCUT2D eigenvalue weighted by Crippen LogP contribution is 2.28. The molecule has 1 rings (SSSR count). The molecule has 1 fully saturated rings. The molecule has 3 atom stereocenters. The lowest BCUT2D eigenvalue weighted by Gasteiger charge is -2.21. The van der Waals surface area contributed by atoms with Gasteiger partial charge in [-0.15, -0.1) is 0 Å². The first kappa shape index (κ1) is 15.0. The average Bonchev–Trinajstić information content (AvgIpc) is 2.65. The summed E-state index contributed by atoms with van der Waals surface area (Å²) in [6, 6.07) is 0.754. The second-order valence-electron chi connectivity index (χ2n) is 5.95. The van der Waals surface area contributed by atoms with E-state index in [1.165, 1.54) is 32.1 Å². The third-order valence-corrected chi connectivity index (χ3v) is 3.82. The van der Waals surface area contributed by atoms with Gasteiger partial charge in [0.2, 0.25) is 0 Å². The van der Waals surface area contributed by atoms with Gasteiger partial charge in [0.1, 0.15) is 0 Å². The standard InChI is InChI=1S/C15H31NO/c1-5-16-15-8-6-7-14(15)9-10-17-13(4)11-12(2)3/h12-16H,5-11H2,1-4H3. The molecule has 0 bridgehead atoms. The van der Waals surface area contributed by atoms with E-state index in [2.05, 4.69) is 33.0 Å². The van der Waals surface area contributed by atoms with Crippen LogP contribution in [0.3, 0.4) is 0 Å². The maximum atomic E-state index is 5.91. The Kier molecular flexibility index (Phi) is 7.14. The summed E-state index contributed by atoms with van der Waals surface area (Å²) in [4.78, 5) is 0. The zero-order chi connectivity index (χ0) is 12.7. The summed E-state index contributed by atoms with van der Waals surface area (Å²) in [6.07, 6.45) is 6.99. The van der Waals surface area contributed by atoms with E-state index in [9.17, 15) is 0 Å². The van der Waals surface area contributed by atoms with E-state index >= 15 is 0 Å². The normalized spacial score (nSPS) is 26.6. The Bertz CT molecular complexity index is 193. The molecular weight excluding hydrogens is 210 g/mol. The molecule has 0 aromatic rings. The van der Waals surface area contributed by atoms with Gasteiger partial charge in [-0.3, -0.25) is 0 Å². The Hall–Kier alpha value is -0.0800. The molecule has 0 aliphatic heterocycles. The van der Waals surface area contributed by atoms with Crippen molar-refractivity contribution in [2.45, 2.75) is 71.9 Å². The molecule has 0 aromatic heterocycles. The highest BCUT2D eigenvalue weighted by molar-refractivity contribution is 4.82. The van der Waals surface area contributed by atoms with Gasteiger partial charge in [0.15, 0.2) is 0 Å². The highest BCUT2D eigenvalue weighted by Gasteiger charge is 2.25. The van der Waals surface area contributed by atoms with Gasteiger partial charge in [-0.05, 0) is 51.0 Å². The van der Waals surface area contributed by atoms with Crippen molar-refractivity contribution in [2.75, 3.05) is 13.2 Å². The Balaban J connectivity index is 2.13. The molecule has 1 N–H and O–H groups in total. The molecule has 0 aromatic carbocycles. The van der Waals surface area contributed by atoms with Gasteiger partial charge in [-0.2, -0.15) is 0 Å². The largest absolute Gasteiger partial charge is 0.378 e. The average molecular weight is 241 g/mol. The van der Waals surface area contributed by atoms with Crippen molar-refractivity contribution >= 4 is 0 Å². The van der Waals surface area contributed by atoms with Gasteiger partial charge in [0, 0.05) is 12.6 Å². The second-order valence-corrected chi connectivity index (χ2v) is 5.95. The molecule has 0 saturated heterocycles. The minimum atomic E-state index is 0.425. The first-order chi connectivity index (χ1) is 8.13. The van der Waals surface area contributed by atoms with Crippen LogP contribution in [0.2, 0.25) is 0 Å². The second kappa shape index (κ2) is 8.10. The van der Waals surface area contributed by atoms with E-state index < -0.39 is 0 Å². The van der Waals surface area contributed by atoms with E-state index in [4.69, 9.17) is 4.74 Å². The third kappa shape index (κ3) is 5.87. The first-order valence-corrected chi connectivity index (χ1v) is 7.48. The highest BCUT2D eigenvalue weighted by atomic mass is 16.5. The van der Waals surface area contributed by atoms with Gasteiger partial charge in [-0.25, -0.2) is 0 Å². The number of ether oxygens (including phenoxy) is 1. The lowest BCUT2D eigenvalue weighted by molar-refractivity contribution is 0.0421. The van der Waals surface area contributed by atoms with Crippen molar-refractivity contribution in [1.82, 2.24) is 5.32 Å². The quantitative estimate of drug-likeness (QED) is 0.701. The van der Waals surface area contributed by atoms with Crippen LogP contribution in [0, 0.1) is 11.8 Å². The maximum Gasteiger partial charge on any atom is 0.0549 e.